The summed E-state index contributed by atoms with van der Waals surface area (Å²) < 4.78 is 17.1. The summed E-state index contributed by atoms with van der Waals surface area (Å²) in [5, 5.41) is 0. The zero-order valence-electron chi connectivity index (χ0n) is 21.8. The molecule has 0 bridgehead atoms. The highest BCUT2D eigenvalue weighted by molar-refractivity contribution is 5.91. The molecule has 37 heavy (non-hydrogen) atoms. The van der Waals surface area contributed by atoms with Gasteiger partial charge < -0.3 is 14.2 Å². The molecule has 4 rings (SSSR count). The number of hydrogen-bond acceptors (Lipinski definition) is 6. The van der Waals surface area contributed by atoms with Crippen LogP contribution in [0.15, 0.2) is 71.7 Å². The van der Waals surface area contributed by atoms with Gasteiger partial charge in [0.25, 0.3) is 0 Å². The van der Waals surface area contributed by atoms with E-state index in [2.05, 4.69) is 29.8 Å². The van der Waals surface area contributed by atoms with Gasteiger partial charge in [-0.25, -0.2) is 4.79 Å². The number of nitrogens with zero attached hydrogens (tertiary/aromatic N) is 2. The molecular weight excluding hydrogens is 464 g/mol. The van der Waals surface area contributed by atoms with Gasteiger partial charge in [0.1, 0.15) is 24.0 Å². The third-order valence-electron chi connectivity index (χ3n) is 6.35. The van der Waals surface area contributed by atoms with Gasteiger partial charge in [0, 0.05) is 18.3 Å². The molecule has 1 aliphatic heterocycles. The third-order valence-corrected chi connectivity index (χ3v) is 6.35. The second kappa shape index (κ2) is 13.6. The van der Waals surface area contributed by atoms with Crippen molar-refractivity contribution < 1.29 is 19.0 Å². The summed E-state index contributed by atoms with van der Waals surface area (Å²) in [7, 11) is 0. The van der Waals surface area contributed by atoms with Crippen molar-refractivity contribution in [2.75, 3.05) is 19.9 Å². The monoisotopic (exact) mass is 500 g/mol. The van der Waals surface area contributed by atoms with Gasteiger partial charge in [-0.3, -0.25) is 9.89 Å². The molecule has 0 saturated carbocycles. The van der Waals surface area contributed by atoms with E-state index in [9.17, 15) is 4.79 Å². The first-order valence-electron chi connectivity index (χ1n) is 13.2. The average Bonchev–Trinajstić information content (AvgIpc) is 2.94. The summed E-state index contributed by atoms with van der Waals surface area (Å²) in [5.74, 6) is 1.78. The van der Waals surface area contributed by atoms with Crippen LogP contribution in [0.25, 0.3) is 0 Å². The Morgan fingerprint density at radius 1 is 0.946 bits per heavy atom. The molecule has 0 radical (unpaired) electrons. The number of benzene rings is 3. The van der Waals surface area contributed by atoms with E-state index in [1.807, 2.05) is 36.4 Å². The van der Waals surface area contributed by atoms with Crippen LogP contribution >= 0.6 is 0 Å². The molecule has 0 spiro atoms. The first-order chi connectivity index (χ1) is 18.1. The zero-order valence-corrected chi connectivity index (χ0v) is 21.8. The number of carbonyl (C=O) groups excluding carboxylic acids is 1. The van der Waals surface area contributed by atoms with Crippen LogP contribution in [0.2, 0.25) is 0 Å². The van der Waals surface area contributed by atoms with Crippen LogP contribution in [0, 0.1) is 0 Å². The minimum atomic E-state index is -0.398. The molecule has 6 heteroatoms. The normalized spacial score (nSPS) is 13.2. The Labute approximate surface area is 219 Å². The van der Waals surface area contributed by atoms with Gasteiger partial charge in [-0.05, 0) is 85.3 Å². The molecule has 194 valence electrons. The molecule has 0 aromatic heterocycles. The van der Waals surface area contributed by atoms with E-state index >= 15 is 0 Å². The Morgan fingerprint density at radius 2 is 1.70 bits per heavy atom. The molecule has 3 aromatic carbocycles. The van der Waals surface area contributed by atoms with Crippen molar-refractivity contribution in [1.29, 1.82) is 0 Å². The predicted octanol–water partition coefficient (Wildman–Crippen LogP) is 7.18. The predicted molar refractivity (Wildman–Crippen MR) is 147 cm³/mol. The number of fused-ring (bicyclic) bond motifs is 1. The van der Waals surface area contributed by atoms with E-state index in [1.165, 1.54) is 25.7 Å². The summed E-state index contributed by atoms with van der Waals surface area (Å²) in [6.07, 6.45) is 7.80. The van der Waals surface area contributed by atoms with Crippen molar-refractivity contribution in [2.24, 2.45) is 4.99 Å². The number of esters is 1. The van der Waals surface area contributed by atoms with Crippen LogP contribution in [-0.2, 0) is 6.54 Å². The summed E-state index contributed by atoms with van der Waals surface area (Å²) in [6, 6.07) is 20.4. The van der Waals surface area contributed by atoms with E-state index in [0.29, 0.717) is 24.7 Å². The number of hydrogen-bond donors (Lipinski definition) is 0. The highest BCUT2D eigenvalue weighted by Crippen LogP contribution is 2.29. The number of carbonyl (C=O) groups is 1. The number of ether oxygens (including phenoxy) is 3. The second-order valence-electron chi connectivity index (χ2n) is 9.21. The minimum Gasteiger partial charge on any atom is -0.494 e. The van der Waals surface area contributed by atoms with Crippen molar-refractivity contribution in [3.8, 4) is 17.2 Å². The highest BCUT2D eigenvalue weighted by atomic mass is 16.5. The van der Waals surface area contributed by atoms with Crippen LogP contribution < -0.4 is 14.2 Å². The fourth-order valence-corrected chi connectivity index (χ4v) is 4.08. The number of rotatable bonds is 12. The van der Waals surface area contributed by atoms with Crippen molar-refractivity contribution >= 4 is 17.9 Å². The Morgan fingerprint density at radius 3 is 2.46 bits per heavy atom. The fraction of sp³-hybridized carbons (Fsp3) is 0.355. The molecule has 3 aromatic rings. The van der Waals surface area contributed by atoms with Crippen molar-refractivity contribution in [1.82, 2.24) is 4.90 Å². The van der Waals surface area contributed by atoms with Gasteiger partial charge in [-0.15, -0.1) is 0 Å². The Bertz CT molecular complexity index is 1170. The molecule has 0 atom stereocenters. The molecule has 0 unspecified atom stereocenters. The lowest BCUT2D eigenvalue weighted by atomic mass is 10.1. The molecular formula is C31H36N2O4. The molecule has 0 fully saturated rings. The van der Waals surface area contributed by atoms with E-state index in [0.717, 1.165) is 47.8 Å². The zero-order chi connectivity index (χ0) is 25.9. The molecule has 1 aliphatic rings. The minimum absolute atomic E-state index is 0.398. The number of unbranched alkanes of at least 4 members (excludes halogenated alkanes) is 4. The summed E-state index contributed by atoms with van der Waals surface area (Å²) in [4.78, 5) is 19.4. The standard InChI is InChI=1S/C31H36N2O4/c1-3-5-6-7-8-19-35-28-16-11-25(12-17-28)31(34)37-29-14-9-24(10-15-29)21-32-27-13-18-30-26(20-27)22-33(4-2)23-36-30/h9-18,20-21H,3-8,19,22-23H2,1-2H3. The van der Waals surface area contributed by atoms with Crippen LogP contribution in [0.4, 0.5) is 5.69 Å². The lowest BCUT2D eigenvalue weighted by Gasteiger charge is -2.27. The first-order valence-corrected chi connectivity index (χ1v) is 13.2. The van der Waals surface area contributed by atoms with E-state index in [4.69, 9.17) is 14.2 Å². The summed E-state index contributed by atoms with van der Waals surface area (Å²) >= 11 is 0. The van der Waals surface area contributed by atoms with E-state index in [-0.39, 0.29) is 0 Å². The van der Waals surface area contributed by atoms with Gasteiger partial charge in [-0.2, -0.15) is 0 Å². The lowest BCUT2D eigenvalue weighted by molar-refractivity contribution is 0.0734. The molecule has 0 amide bonds. The molecule has 1 heterocycles. The first kappa shape index (κ1) is 26.4. The van der Waals surface area contributed by atoms with Crippen molar-refractivity contribution in [3.05, 3.63) is 83.4 Å². The van der Waals surface area contributed by atoms with Gasteiger partial charge in [0.05, 0.1) is 17.9 Å². The van der Waals surface area contributed by atoms with Gasteiger partial charge in [0.2, 0.25) is 0 Å². The molecule has 0 saturated heterocycles. The SMILES string of the molecule is CCCCCCCOc1ccc(C(=O)Oc2ccc(C=Nc3ccc4c(c3)CN(CC)CO4)cc2)cc1. The second-order valence-corrected chi connectivity index (χ2v) is 9.21. The maximum atomic E-state index is 12.5. The Kier molecular flexibility index (Phi) is 9.72. The maximum absolute atomic E-state index is 12.5. The van der Waals surface area contributed by atoms with Gasteiger partial charge in [0.15, 0.2) is 0 Å². The largest absolute Gasteiger partial charge is 0.494 e. The van der Waals surface area contributed by atoms with Crippen LogP contribution in [-0.4, -0.2) is 37.0 Å². The van der Waals surface area contributed by atoms with Crippen LogP contribution in [0.5, 0.6) is 17.2 Å². The summed E-state index contributed by atoms with van der Waals surface area (Å²) in [5.41, 5.74) is 3.42. The van der Waals surface area contributed by atoms with Crippen molar-refractivity contribution in [3.63, 3.8) is 0 Å². The van der Waals surface area contributed by atoms with Crippen LogP contribution in [0.3, 0.4) is 0 Å². The number of aliphatic imine (C=N–C) groups is 1. The average molecular weight is 501 g/mol. The van der Waals surface area contributed by atoms with Gasteiger partial charge >= 0.3 is 5.97 Å². The molecule has 0 N–H and O–H groups in total. The van der Waals surface area contributed by atoms with Crippen LogP contribution in [0.1, 0.15) is 67.4 Å². The molecule has 0 aliphatic carbocycles. The lowest BCUT2D eigenvalue weighted by Crippen LogP contribution is -2.31. The van der Waals surface area contributed by atoms with Gasteiger partial charge in [-0.1, -0.05) is 39.5 Å². The van der Waals surface area contributed by atoms with Crippen molar-refractivity contribution in [2.45, 2.75) is 52.5 Å². The third kappa shape index (κ3) is 7.92. The van der Waals surface area contributed by atoms with E-state index < -0.39 is 5.97 Å². The smallest absolute Gasteiger partial charge is 0.343 e. The topological polar surface area (TPSA) is 60.4 Å². The highest BCUT2D eigenvalue weighted by Gasteiger charge is 2.16. The molecule has 6 nitrogen and oxygen atoms in total. The quantitative estimate of drug-likeness (QED) is 0.114. The summed E-state index contributed by atoms with van der Waals surface area (Å²) in [6.45, 7) is 7.47. The Hall–Kier alpha value is -3.64. The Balaban J connectivity index is 1.26. The maximum Gasteiger partial charge on any atom is 0.343 e. The van der Waals surface area contributed by atoms with E-state index in [1.54, 1.807) is 30.5 Å². The fourth-order valence-electron chi connectivity index (χ4n) is 4.08.